The van der Waals surface area contributed by atoms with Crippen molar-refractivity contribution >= 4 is 11.6 Å². The molecule has 0 radical (unpaired) electrons. The summed E-state index contributed by atoms with van der Waals surface area (Å²) in [6, 6.07) is 16.6. The summed E-state index contributed by atoms with van der Waals surface area (Å²) in [5.74, 6) is 0.381. The highest BCUT2D eigenvalue weighted by Gasteiger charge is 2.20. The Balaban J connectivity index is 2.18. The molecule has 1 atom stereocenters. The van der Waals surface area contributed by atoms with E-state index in [9.17, 15) is 4.79 Å². The third-order valence-electron chi connectivity index (χ3n) is 2.94. The van der Waals surface area contributed by atoms with Crippen molar-refractivity contribution in [1.29, 1.82) is 0 Å². The van der Waals surface area contributed by atoms with Gasteiger partial charge >= 0.3 is 0 Å². The van der Waals surface area contributed by atoms with Gasteiger partial charge in [0.15, 0.2) is 6.10 Å². The Kier molecular flexibility index (Phi) is 4.74. The van der Waals surface area contributed by atoms with E-state index in [4.69, 9.17) is 9.47 Å². The minimum Gasteiger partial charge on any atom is -0.495 e. The molecule has 2 rings (SSSR count). The largest absolute Gasteiger partial charge is 0.495 e. The van der Waals surface area contributed by atoms with Crippen molar-refractivity contribution in [2.75, 3.05) is 19.5 Å². The number of rotatable bonds is 5. The molecule has 0 unspecified atom stereocenters. The van der Waals surface area contributed by atoms with Gasteiger partial charge in [-0.15, -0.1) is 0 Å². The predicted octanol–water partition coefficient (Wildman–Crippen LogP) is 3.02. The molecule has 0 saturated heterocycles. The van der Waals surface area contributed by atoms with E-state index in [-0.39, 0.29) is 5.91 Å². The van der Waals surface area contributed by atoms with Gasteiger partial charge in [0.1, 0.15) is 5.75 Å². The molecule has 0 spiro atoms. The molecule has 0 aliphatic heterocycles. The molecule has 0 heterocycles. The molecule has 4 nitrogen and oxygen atoms in total. The summed E-state index contributed by atoms with van der Waals surface area (Å²) in [4.78, 5) is 12.3. The second-order valence-corrected chi connectivity index (χ2v) is 4.22. The quantitative estimate of drug-likeness (QED) is 0.909. The van der Waals surface area contributed by atoms with E-state index in [1.165, 1.54) is 7.11 Å². The van der Waals surface area contributed by atoms with Gasteiger partial charge in [0, 0.05) is 7.11 Å². The number of ether oxygens (including phenoxy) is 2. The predicted molar refractivity (Wildman–Crippen MR) is 77.8 cm³/mol. The van der Waals surface area contributed by atoms with Gasteiger partial charge in [-0.3, -0.25) is 4.79 Å². The fraction of sp³-hybridized carbons (Fsp3) is 0.188. The number of hydrogen-bond donors (Lipinski definition) is 1. The number of anilines is 1. The molecule has 0 aromatic heterocycles. The summed E-state index contributed by atoms with van der Waals surface area (Å²) in [6.07, 6.45) is -0.652. The van der Waals surface area contributed by atoms with E-state index in [2.05, 4.69) is 5.32 Å². The van der Waals surface area contributed by atoms with Crippen LogP contribution in [0.5, 0.6) is 5.75 Å². The maximum atomic E-state index is 12.3. The first-order valence-electron chi connectivity index (χ1n) is 6.28. The average molecular weight is 271 g/mol. The van der Waals surface area contributed by atoms with E-state index in [0.717, 1.165) is 5.56 Å². The second kappa shape index (κ2) is 6.73. The lowest BCUT2D eigenvalue weighted by atomic mass is 10.1. The summed E-state index contributed by atoms with van der Waals surface area (Å²) in [6.45, 7) is 0. The SMILES string of the molecule is COc1ccccc1NC(=O)[C@@H](OC)c1ccccc1. The van der Waals surface area contributed by atoms with Crippen molar-refractivity contribution in [1.82, 2.24) is 0 Å². The van der Waals surface area contributed by atoms with Crippen LogP contribution in [-0.2, 0) is 9.53 Å². The maximum absolute atomic E-state index is 12.3. The van der Waals surface area contributed by atoms with Crippen molar-refractivity contribution < 1.29 is 14.3 Å². The summed E-state index contributed by atoms with van der Waals surface area (Å²) in [7, 11) is 3.08. The van der Waals surface area contributed by atoms with Crippen LogP contribution in [0.25, 0.3) is 0 Å². The van der Waals surface area contributed by atoms with Crippen molar-refractivity contribution in [2.45, 2.75) is 6.10 Å². The number of nitrogens with one attached hydrogen (secondary N) is 1. The van der Waals surface area contributed by atoms with Crippen LogP contribution in [0.4, 0.5) is 5.69 Å². The summed E-state index contributed by atoms with van der Waals surface area (Å²) in [5, 5.41) is 2.82. The zero-order valence-electron chi connectivity index (χ0n) is 11.5. The molecule has 20 heavy (non-hydrogen) atoms. The van der Waals surface area contributed by atoms with Gasteiger partial charge in [-0.05, 0) is 17.7 Å². The minimum absolute atomic E-state index is 0.233. The lowest BCUT2D eigenvalue weighted by molar-refractivity contribution is -0.126. The van der Waals surface area contributed by atoms with Gasteiger partial charge in [0.25, 0.3) is 5.91 Å². The van der Waals surface area contributed by atoms with E-state index in [1.54, 1.807) is 19.2 Å². The van der Waals surface area contributed by atoms with Gasteiger partial charge in [-0.25, -0.2) is 0 Å². The van der Waals surface area contributed by atoms with Crippen LogP contribution in [0.1, 0.15) is 11.7 Å². The molecule has 104 valence electrons. The lowest BCUT2D eigenvalue weighted by Crippen LogP contribution is -2.22. The Labute approximate surface area is 118 Å². The molecule has 0 fully saturated rings. The van der Waals surface area contributed by atoms with Crippen LogP contribution in [0, 0.1) is 0 Å². The highest BCUT2D eigenvalue weighted by Crippen LogP contribution is 2.25. The number of benzene rings is 2. The first kappa shape index (κ1) is 14.1. The normalized spacial score (nSPS) is 11.7. The van der Waals surface area contributed by atoms with E-state index >= 15 is 0 Å². The number of carbonyl (C=O) groups excluding carboxylic acids is 1. The number of para-hydroxylation sites is 2. The Hall–Kier alpha value is -2.33. The average Bonchev–Trinajstić information content (AvgIpc) is 2.49. The molecule has 2 aromatic carbocycles. The Bertz CT molecular complexity index is 569. The maximum Gasteiger partial charge on any atom is 0.258 e. The van der Waals surface area contributed by atoms with Gasteiger partial charge < -0.3 is 14.8 Å². The third kappa shape index (κ3) is 3.16. The lowest BCUT2D eigenvalue weighted by Gasteiger charge is -2.16. The summed E-state index contributed by atoms with van der Waals surface area (Å²) < 4.78 is 10.5. The smallest absolute Gasteiger partial charge is 0.258 e. The minimum atomic E-state index is -0.652. The highest BCUT2D eigenvalue weighted by atomic mass is 16.5. The summed E-state index contributed by atoms with van der Waals surface area (Å²) >= 11 is 0. The standard InChI is InChI=1S/C16H17NO3/c1-19-14-11-7-6-10-13(14)17-16(18)15(20-2)12-8-4-3-5-9-12/h3-11,15H,1-2H3,(H,17,18)/t15-/m0/s1. The zero-order valence-corrected chi connectivity index (χ0v) is 11.5. The van der Waals surface area contributed by atoms with Crippen LogP contribution in [0.3, 0.4) is 0 Å². The van der Waals surface area contributed by atoms with Crippen molar-refractivity contribution in [2.24, 2.45) is 0 Å². The number of methoxy groups -OCH3 is 2. The summed E-state index contributed by atoms with van der Waals surface area (Å²) in [5.41, 5.74) is 1.43. The van der Waals surface area contributed by atoms with Crippen molar-refractivity contribution in [3.05, 3.63) is 60.2 Å². The van der Waals surface area contributed by atoms with Crippen LogP contribution >= 0.6 is 0 Å². The van der Waals surface area contributed by atoms with E-state index < -0.39 is 6.10 Å². The van der Waals surface area contributed by atoms with E-state index in [1.807, 2.05) is 42.5 Å². The zero-order chi connectivity index (χ0) is 14.4. The van der Waals surface area contributed by atoms with Gasteiger partial charge in [0.2, 0.25) is 0 Å². The van der Waals surface area contributed by atoms with Crippen LogP contribution in [0.15, 0.2) is 54.6 Å². The molecule has 1 N–H and O–H groups in total. The Morgan fingerprint density at radius 2 is 1.65 bits per heavy atom. The molecule has 4 heteroatoms. The van der Waals surface area contributed by atoms with Crippen LogP contribution in [0.2, 0.25) is 0 Å². The van der Waals surface area contributed by atoms with Crippen LogP contribution in [-0.4, -0.2) is 20.1 Å². The first-order valence-corrected chi connectivity index (χ1v) is 6.28. The Morgan fingerprint density at radius 3 is 2.30 bits per heavy atom. The molecule has 0 bridgehead atoms. The molecule has 0 saturated carbocycles. The third-order valence-corrected chi connectivity index (χ3v) is 2.94. The fourth-order valence-corrected chi connectivity index (χ4v) is 1.97. The Morgan fingerprint density at radius 1 is 1.00 bits per heavy atom. The highest BCUT2D eigenvalue weighted by molar-refractivity contribution is 5.96. The van der Waals surface area contributed by atoms with E-state index in [0.29, 0.717) is 11.4 Å². The van der Waals surface area contributed by atoms with Crippen molar-refractivity contribution in [3.8, 4) is 5.75 Å². The molecule has 2 aromatic rings. The topological polar surface area (TPSA) is 47.6 Å². The number of amides is 1. The number of carbonyl (C=O) groups is 1. The molecule has 0 aliphatic rings. The van der Waals surface area contributed by atoms with Crippen molar-refractivity contribution in [3.63, 3.8) is 0 Å². The molecular weight excluding hydrogens is 254 g/mol. The van der Waals surface area contributed by atoms with Crippen LogP contribution < -0.4 is 10.1 Å². The van der Waals surface area contributed by atoms with Gasteiger partial charge in [-0.2, -0.15) is 0 Å². The number of hydrogen-bond acceptors (Lipinski definition) is 3. The van der Waals surface area contributed by atoms with Gasteiger partial charge in [-0.1, -0.05) is 42.5 Å². The van der Waals surface area contributed by atoms with Gasteiger partial charge in [0.05, 0.1) is 12.8 Å². The first-order chi connectivity index (χ1) is 9.76. The molecular formula is C16H17NO3. The monoisotopic (exact) mass is 271 g/mol. The fourth-order valence-electron chi connectivity index (χ4n) is 1.97. The molecule has 0 aliphatic carbocycles. The second-order valence-electron chi connectivity index (χ2n) is 4.22. The molecule has 1 amide bonds.